The Kier molecular flexibility index (Phi) is 8.05. The molecule has 3 aromatic carbocycles. The van der Waals surface area contributed by atoms with E-state index in [4.69, 9.17) is 18.7 Å². The lowest BCUT2D eigenvalue weighted by atomic mass is 10.0. The first-order valence-corrected chi connectivity index (χ1v) is 12.0. The van der Waals surface area contributed by atoms with E-state index in [9.17, 15) is 4.79 Å². The fraction of sp³-hybridized carbons (Fsp3) is 0.321. The van der Waals surface area contributed by atoms with Crippen LogP contribution in [-0.4, -0.2) is 48.8 Å². The molecule has 0 atom stereocenters. The average Bonchev–Trinajstić information content (AvgIpc) is 3.39. The number of hydrogen-bond donors (Lipinski definition) is 0. The summed E-state index contributed by atoms with van der Waals surface area (Å²) in [5, 5.41) is 6.26. The SMILES string of the molecule is CCCOc1ccc2ccccc2c1CN(C)C(=O)CCc1nc(-c2ccc(OC)c(OC)c2)no1. The zero-order valence-electron chi connectivity index (χ0n) is 21.1. The summed E-state index contributed by atoms with van der Waals surface area (Å²) in [5.74, 6) is 2.82. The molecule has 1 aromatic heterocycles. The minimum atomic E-state index is -0.0183. The highest BCUT2D eigenvalue weighted by Crippen LogP contribution is 2.32. The molecule has 0 fully saturated rings. The number of carbonyl (C=O) groups excluding carboxylic acids is 1. The first kappa shape index (κ1) is 25.0. The minimum Gasteiger partial charge on any atom is -0.493 e. The van der Waals surface area contributed by atoms with Crippen molar-refractivity contribution in [2.45, 2.75) is 32.7 Å². The van der Waals surface area contributed by atoms with Gasteiger partial charge >= 0.3 is 0 Å². The lowest BCUT2D eigenvalue weighted by Crippen LogP contribution is -2.26. The smallest absolute Gasteiger partial charge is 0.227 e. The molecule has 0 aliphatic heterocycles. The maximum atomic E-state index is 13.0. The first-order valence-electron chi connectivity index (χ1n) is 12.0. The molecule has 4 aromatic rings. The maximum Gasteiger partial charge on any atom is 0.227 e. The highest BCUT2D eigenvalue weighted by atomic mass is 16.5. The van der Waals surface area contributed by atoms with Gasteiger partial charge in [-0.15, -0.1) is 0 Å². The Morgan fingerprint density at radius 1 is 1.00 bits per heavy atom. The summed E-state index contributed by atoms with van der Waals surface area (Å²) in [5.41, 5.74) is 1.74. The summed E-state index contributed by atoms with van der Waals surface area (Å²) < 4.78 is 22.0. The van der Waals surface area contributed by atoms with Crippen molar-refractivity contribution in [2.75, 3.05) is 27.9 Å². The van der Waals surface area contributed by atoms with E-state index in [1.165, 1.54) is 0 Å². The molecule has 0 unspecified atom stereocenters. The quantitative estimate of drug-likeness (QED) is 0.283. The third kappa shape index (κ3) is 5.59. The molecule has 8 nitrogen and oxygen atoms in total. The van der Waals surface area contributed by atoms with Crippen LogP contribution in [0.5, 0.6) is 17.2 Å². The molecule has 36 heavy (non-hydrogen) atoms. The number of aryl methyl sites for hydroxylation is 1. The number of fused-ring (bicyclic) bond motifs is 1. The predicted molar refractivity (Wildman–Crippen MR) is 137 cm³/mol. The molecule has 8 heteroatoms. The Morgan fingerprint density at radius 2 is 1.78 bits per heavy atom. The monoisotopic (exact) mass is 489 g/mol. The zero-order valence-corrected chi connectivity index (χ0v) is 21.1. The van der Waals surface area contributed by atoms with Gasteiger partial charge in [0, 0.05) is 37.6 Å². The van der Waals surface area contributed by atoms with Gasteiger partial charge in [-0.1, -0.05) is 42.4 Å². The second kappa shape index (κ2) is 11.6. The van der Waals surface area contributed by atoms with E-state index in [1.54, 1.807) is 38.3 Å². The molecular weight excluding hydrogens is 458 g/mol. The summed E-state index contributed by atoms with van der Waals surface area (Å²) in [4.78, 5) is 19.1. The number of aromatic nitrogens is 2. The van der Waals surface area contributed by atoms with Crippen molar-refractivity contribution in [1.82, 2.24) is 15.0 Å². The molecular formula is C28H31N3O5. The Balaban J connectivity index is 1.43. The van der Waals surface area contributed by atoms with Crippen LogP contribution in [0.2, 0.25) is 0 Å². The highest BCUT2D eigenvalue weighted by Gasteiger charge is 2.17. The molecule has 0 saturated carbocycles. The number of amides is 1. The van der Waals surface area contributed by atoms with Crippen molar-refractivity contribution < 1.29 is 23.5 Å². The molecule has 0 bridgehead atoms. The van der Waals surface area contributed by atoms with Crippen LogP contribution in [0.25, 0.3) is 22.2 Å². The number of nitrogens with zero attached hydrogens (tertiary/aromatic N) is 3. The van der Waals surface area contributed by atoms with Gasteiger partial charge < -0.3 is 23.6 Å². The van der Waals surface area contributed by atoms with Crippen LogP contribution < -0.4 is 14.2 Å². The van der Waals surface area contributed by atoms with E-state index in [0.29, 0.717) is 42.8 Å². The van der Waals surface area contributed by atoms with Crippen LogP contribution >= 0.6 is 0 Å². The molecule has 188 valence electrons. The van der Waals surface area contributed by atoms with Crippen LogP contribution in [0.3, 0.4) is 0 Å². The van der Waals surface area contributed by atoms with Crippen LogP contribution in [0.4, 0.5) is 0 Å². The first-order chi connectivity index (χ1) is 17.5. The van der Waals surface area contributed by atoms with E-state index in [2.05, 4.69) is 35.3 Å². The van der Waals surface area contributed by atoms with Crippen LogP contribution in [0.15, 0.2) is 59.1 Å². The van der Waals surface area contributed by atoms with Gasteiger partial charge in [0.05, 0.1) is 20.8 Å². The molecule has 0 spiro atoms. The Hall–Kier alpha value is -4.07. The molecule has 0 N–H and O–H groups in total. The Labute approximate surface area is 210 Å². The van der Waals surface area contributed by atoms with Gasteiger partial charge in [0.15, 0.2) is 11.5 Å². The number of hydrogen-bond acceptors (Lipinski definition) is 7. The normalized spacial score (nSPS) is 10.9. The van der Waals surface area contributed by atoms with Gasteiger partial charge in [-0.05, 0) is 41.5 Å². The summed E-state index contributed by atoms with van der Waals surface area (Å²) in [6.45, 7) is 3.15. The van der Waals surface area contributed by atoms with Gasteiger partial charge in [-0.25, -0.2) is 0 Å². The molecule has 0 saturated heterocycles. The van der Waals surface area contributed by atoms with Crippen molar-refractivity contribution >= 4 is 16.7 Å². The van der Waals surface area contributed by atoms with Crippen molar-refractivity contribution in [3.05, 3.63) is 66.1 Å². The predicted octanol–water partition coefficient (Wildman–Crippen LogP) is 5.29. The Morgan fingerprint density at radius 3 is 2.56 bits per heavy atom. The van der Waals surface area contributed by atoms with Crippen LogP contribution in [-0.2, 0) is 17.8 Å². The topological polar surface area (TPSA) is 86.9 Å². The largest absolute Gasteiger partial charge is 0.493 e. The molecule has 0 aliphatic carbocycles. The van der Waals surface area contributed by atoms with E-state index in [0.717, 1.165) is 34.1 Å². The summed E-state index contributed by atoms with van der Waals surface area (Å²) in [6, 6.07) is 17.6. The van der Waals surface area contributed by atoms with E-state index < -0.39 is 0 Å². The van der Waals surface area contributed by atoms with Gasteiger partial charge in [0.25, 0.3) is 0 Å². The van der Waals surface area contributed by atoms with Gasteiger partial charge in [-0.2, -0.15) is 4.98 Å². The molecule has 4 rings (SSSR count). The van der Waals surface area contributed by atoms with E-state index in [1.807, 2.05) is 24.3 Å². The van der Waals surface area contributed by atoms with E-state index in [-0.39, 0.29) is 12.3 Å². The summed E-state index contributed by atoms with van der Waals surface area (Å²) in [7, 11) is 4.95. The van der Waals surface area contributed by atoms with Crippen molar-refractivity contribution in [3.8, 4) is 28.6 Å². The van der Waals surface area contributed by atoms with Crippen molar-refractivity contribution in [2.24, 2.45) is 0 Å². The van der Waals surface area contributed by atoms with Crippen LogP contribution in [0.1, 0.15) is 31.2 Å². The number of methoxy groups -OCH3 is 2. The Bertz CT molecular complexity index is 1330. The fourth-order valence-electron chi connectivity index (χ4n) is 4.01. The average molecular weight is 490 g/mol. The van der Waals surface area contributed by atoms with Gasteiger partial charge in [0.1, 0.15) is 5.75 Å². The van der Waals surface area contributed by atoms with E-state index >= 15 is 0 Å². The van der Waals surface area contributed by atoms with Gasteiger partial charge in [0.2, 0.25) is 17.6 Å². The zero-order chi connectivity index (χ0) is 25.5. The number of rotatable bonds is 11. The highest BCUT2D eigenvalue weighted by molar-refractivity contribution is 5.88. The second-order valence-corrected chi connectivity index (χ2v) is 8.44. The van der Waals surface area contributed by atoms with Crippen LogP contribution in [0, 0.1) is 0 Å². The molecule has 0 aliphatic rings. The molecule has 1 amide bonds. The molecule has 1 heterocycles. The molecule has 0 radical (unpaired) electrons. The third-order valence-electron chi connectivity index (χ3n) is 5.94. The lowest BCUT2D eigenvalue weighted by molar-refractivity contribution is -0.130. The second-order valence-electron chi connectivity index (χ2n) is 8.44. The van der Waals surface area contributed by atoms with Crippen molar-refractivity contribution in [1.29, 1.82) is 0 Å². The minimum absolute atomic E-state index is 0.0183. The van der Waals surface area contributed by atoms with Crippen molar-refractivity contribution in [3.63, 3.8) is 0 Å². The summed E-state index contributed by atoms with van der Waals surface area (Å²) in [6.07, 6.45) is 1.51. The number of carbonyl (C=O) groups is 1. The fourth-order valence-corrected chi connectivity index (χ4v) is 4.01. The maximum absolute atomic E-state index is 13.0. The lowest BCUT2D eigenvalue weighted by Gasteiger charge is -2.21. The number of ether oxygens (including phenoxy) is 3. The van der Waals surface area contributed by atoms with Gasteiger partial charge in [-0.3, -0.25) is 4.79 Å². The number of benzene rings is 3. The summed E-state index contributed by atoms with van der Waals surface area (Å²) >= 11 is 0. The standard InChI is InChI=1S/C28H31N3O5/c1-5-16-35-23-12-10-19-8-6-7-9-21(19)22(23)18-31(2)27(32)15-14-26-29-28(30-36-26)20-11-13-24(33-3)25(17-20)34-4/h6-13,17H,5,14-16,18H2,1-4H3. The third-order valence-corrected chi connectivity index (χ3v) is 5.94.